The number of nitrogens with zero attached hydrogens (tertiary/aromatic N) is 2. The second-order valence-electron chi connectivity index (χ2n) is 3.88. The molecule has 17 heavy (non-hydrogen) atoms. The molecule has 0 aliphatic carbocycles. The summed E-state index contributed by atoms with van der Waals surface area (Å²) in [5.74, 6) is 1.23. The van der Waals surface area contributed by atoms with E-state index in [9.17, 15) is 8.78 Å². The van der Waals surface area contributed by atoms with Gasteiger partial charge < -0.3 is 10.3 Å². The fourth-order valence-corrected chi connectivity index (χ4v) is 1.66. The van der Waals surface area contributed by atoms with Crippen LogP contribution in [-0.4, -0.2) is 9.55 Å². The van der Waals surface area contributed by atoms with Crippen LogP contribution in [0.3, 0.4) is 0 Å². The second kappa shape index (κ2) is 4.16. The van der Waals surface area contributed by atoms with Crippen LogP contribution in [0, 0.1) is 6.92 Å². The highest BCUT2D eigenvalue weighted by Gasteiger charge is 2.13. The smallest absolute Gasteiger partial charge is 0.263 e. The molecule has 2 N–H and O–H groups in total. The van der Waals surface area contributed by atoms with Gasteiger partial charge in [0.25, 0.3) is 6.43 Å². The number of aryl methyl sites for hydroxylation is 1. The third-order valence-electron chi connectivity index (χ3n) is 2.78. The Morgan fingerprint density at radius 1 is 1.35 bits per heavy atom. The van der Waals surface area contributed by atoms with Gasteiger partial charge in [0, 0.05) is 18.2 Å². The molecule has 5 heteroatoms. The minimum absolute atomic E-state index is 0.0230. The van der Waals surface area contributed by atoms with Crippen molar-refractivity contribution in [2.45, 2.75) is 13.3 Å². The van der Waals surface area contributed by atoms with Crippen LogP contribution in [0.4, 0.5) is 14.6 Å². The van der Waals surface area contributed by atoms with E-state index in [4.69, 9.17) is 5.73 Å². The molecule has 0 aliphatic heterocycles. The summed E-state index contributed by atoms with van der Waals surface area (Å²) in [4.78, 5) is 4.27. The molecule has 0 bridgehead atoms. The van der Waals surface area contributed by atoms with Gasteiger partial charge in [-0.3, -0.25) is 0 Å². The Hall–Kier alpha value is -1.91. The van der Waals surface area contributed by atoms with Crippen molar-refractivity contribution in [2.24, 2.45) is 7.05 Å². The van der Waals surface area contributed by atoms with Gasteiger partial charge in [0.1, 0.15) is 17.3 Å². The molecule has 3 nitrogen and oxygen atoms in total. The molecule has 0 spiro atoms. The van der Waals surface area contributed by atoms with Crippen molar-refractivity contribution in [3.8, 4) is 11.3 Å². The maximum absolute atomic E-state index is 12.6. The number of halogens is 2. The summed E-state index contributed by atoms with van der Waals surface area (Å²) >= 11 is 0. The minimum atomic E-state index is -2.49. The Kier molecular flexibility index (Phi) is 2.83. The van der Waals surface area contributed by atoms with Crippen molar-refractivity contribution in [3.63, 3.8) is 0 Å². The predicted octanol–water partition coefficient (Wildman–Crippen LogP) is 2.92. The number of nitrogen functional groups attached to an aromatic ring is 1. The van der Waals surface area contributed by atoms with E-state index < -0.39 is 6.43 Å². The molecule has 0 amide bonds. The lowest BCUT2D eigenvalue weighted by Crippen LogP contribution is -1.98. The van der Waals surface area contributed by atoms with Crippen LogP contribution >= 0.6 is 0 Å². The molecule has 0 unspecified atom stereocenters. The molecule has 90 valence electrons. The van der Waals surface area contributed by atoms with Crippen LogP contribution in [0.25, 0.3) is 11.3 Å². The van der Waals surface area contributed by atoms with E-state index in [0.717, 1.165) is 5.82 Å². The fraction of sp³-hybridized carbons (Fsp3) is 0.250. The summed E-state index contributed by atoms with van der Waals surface area (Å²) < 4.78 is 26.9. The lowest BCUT2D eigenvalue weighted by molar-refractivity contribution is 0.151. The molecule has 1 aromatic carbocycles. The largest absolute Gasteiger partial charge is 0.383 e. The van der Waals surface area contributed by atoms with Crippen molar-refractivity contribution >= 4 is 5.82 Å². The predicted molar refractivity (Wildman–Crippen MR) is 62.8 cm³/mol. The Labute approximate surface area is 97.9 Å². The van der Waals surface area contributed by atoms with Gasteiger partial charge in [0.2, 0.25) is 0 Å². The highest BCUT2D eigenvalue weighted by Crippen LogP contribution is 2.28. The van der Waals surface area contributed by atoms with Crippen molar-refractivity contribution in [2.75, 3.05) is 5.73 Å². The van der Waals surface area contributed by atoms with Crippen LogP contribution in [-0.2, 0) is 7.05 Å². The van der Waals surface area contributed by atoms with Crippen molar-refractivity contribution in [1.29, 1.82) is 0 Å². The van der Waals surface area contributed by atoms with E-state index in [1.807, 2.05) is 6.92 Å². The molecular formula is C12H13F2N3. The van der Waals surface area contributed by atoms with Crippen molar-refractivity contribution < 1.29 is 8.78 Å². The topological polar surface area (TPSA) is 43.8 Å². The van der Waals surface area contributed by atoms with Crippen LogP contribution < -0.4 is 5.73 Å². The first-order valence-electron chi connectivity index (χ1n) is 5.18. The number of nitrogens with two attached hydrogens (primary N) is 1. The lowest BCUT2D eigenvalue weighted by Gasteiger charge is -2.03. The zero-order valence-electron chi connectivity index (χ0n) is 9.61. The molecule has 0 fully saturated rings. The Morgan fingerprint density at radius 2 is 2.06 bits per heavy atom. The quantitative estimate of drug-likeness (QED) is 0.872. The number of anilines is 1. The van der Waals surface area contributed by atoms with Crippen molar-refractivity contribution in [1.82, 2.24) is 9.55 Å². The normalized spacial score (nSPS) is 11.1. The summed E-state index contributed by atoms with van der Waals surface area (Å²) in [6.45, 7) is 1.82. The molecule has 0 saturated carbocycles. The van der Waals surface area contributed by atoms with E-state index in [1.165, 1.54) is 12.1 Å². The first-order valence-corrected chi connectivity index (χ1v) is 5.18. The van der Waals surface area contributed by atoms with Gasteiger partial charge in [-0.15, -0.1) is 0 Å². The van der Waals surface area contributed by atoms with E-state index in [0.29, 0.717) is 17.1 Å². The summed E-state index contributed by atoms with van der Waals surface area (Å²) in [5.41, 5.74) is 7.02. The molecule has 1 aromatic heterocycles. The summed E-state index contributed by atoms with van der Waals surface area (Å²) in [5, 5.41) is 0. The number of rotatable bonds is 2. The molecule has 2 aromatic rings. The van der Waals surface area contributed by atoms with Gasteiger partial charge >= 0.3 is 0 Å². The first kappa shape index (κ1) is 11.6. The van der Waals surface area contributed by atoms with Gasteiger partial charge in [-0.05, 0) is 13.0 Å². The highest BCUT2D eigenvalue weighted by molar-refractivity contribution is 5.71. The van der Waals surface area contributed by atoms with E-state index >= 15 is 0 Å². The van der Waals surface area contributed by atoms with Crippen LogP contribution in [0.15, 0.2) is 24.3 Å². The standard InChI is InChI=1S/C12H13F2N3/c1-7-16-10(12(15)17(7)2)8-4-3-5-9(6-8)11(13)14/h3-6,11H,15H2,1-2H3. The Bertz CT molecular complexity index is 547. The Morgan fingerprint density at radius 3 is 2.59 bits per heavy atom. The van der Waals surface area contributed by atoms with Crippen LogP contribution in [0.5, 0.6) is 0 Å². The average molecular weight is 237 g/mol. The highest BCUT2D eigenvalue weighted by atomic mass is 19.3. The van der Waals surface area contributed by atoms with Crippen LogP contribution in [0.2, 0.25) is 0 Å². The number of benzene rings is 1. The molecule has 0 atom stereocenters. The molecule has 1 heterocycles. The maximum atomic E-state index is 12.6. The number of alkyl halides is 2. The van der Waals surface area contributed by atoms with Crippen molar-refractivity contribution in [3.05, 3.63) is 35.7 Å². The average Bonchev–Trinajstić information content (AvgIpc) is 2.57. The first-order chi connectivity index (χ1) is 8.00. The van der Waals surface area contributed by atoms with Gasteiger partial charge in [0.15, 0.2) is 0 Å². The van der Waals surface area contributed by atoms with E-state index in [2.05, 4.69) is 4.98 Å². The van der Waals surface area contributed by atoms with Gasteiger partial charge in [-0.2, -0.15) is 0 Å². The monoisotopic (exact) mass is 237 g/mol. The third kappa shape index (κ3) is 2.00. The zero-order chi connectivity index (χ0) is 12.6. The second-order valence-corrected chi connectivity index (χ2v) is 3.88. The molecule has 0 aliphatic rings. The minimum Gasteiger partial charge on any atom is -0.383 e. The fourth-order valence-electron chi connectivity index (χ4n) is 1.66. The molecule has 0 radical (unpaired) electrons. The van der Waals surface area contributed by atoms with Crippen LogP contribution in [0.1, 0.15) is 17.8 Å². The zero-order valence-corrected chi connectivity index (χ0v) is 9.61. The number of hydrogen-bond donors (Lipinski definition) is 1. The van der Waals surface area contributed by atoms with E-state index in [1.54, 1.807) is 23.7 Å². The lowest BCUT2D eigenvalue weighted by atomic mass is 10.1. The van der Waals surface area contributed by atoms with Gasteiger partial charge in [0.05, 0.1) is 0 Å². The summed E-state index contributed by atoms with van der Waals surface area (Å²) in [6, 6.07) is 6.12. The third-order valence-corrected chi connectivity index (χ3v) is 2.78. The van der Waals surface area contributed by atoms with Gasteiger partial charge in [-0.1, -0.05) is 18.2 Å². The summed E-state index contributed by atoms with van der Waals surface area (Å²) in [7, 11) is 1.79. The Balaban J connectivity index is 2.53. The maximum Gasteiger partial charge on any atom is 0.263 e. The molecule has 0 saturated heterocycles. The molecular weight excluding hydrogens is 224 g/mol. The SMILES string of the molecule is Cc1nc(-c2cccc(C(F)F)c2)c(N)n1C. The summed E-state index contributed by atoms with van der Waals surface area (Å²) in [6.07, 6.45) is -2.49. The number of hydrogen-bond acceptors (Lipinski definition) is 2. The number of imidazole rings is 1. The van der Waals surface area contributed by atoms with Gasteiger partial charge in [-0.25, -0.2) is 13.8 Å². The molecule has 2 rings (SSSR count). The van der Waals surface area contributed by atoms with E-state index in [-0.39, 0.29) is 5.56 Å². The number of aromatic nitrogens is 2.